The molecule has 0 amide bonds. The number of nitrogens with one attached hydrogen (secondary N) is 1. The monoisotopic (exact) mass is 310 g/mol. The number of likely N-dealkylation sites (tertiary alicyclic amines) is 1. The maximum Gasteiger partial charge on any atom is 0.125 e. The molecular formula is C18H22N4O. The number of ether oxygens (including phenoxy) is 1. The average Bonchev–Trinajstić information content (AvgIpc) is 3.12. The molecule has 2 aromatic rings. The van der Waals surface area contributed by atoms with Gasteiger partial charge in [0, 0.05) is 56.1 Å². The van der Waals surface area contributed by atoms with Gasteiger partial charge in [0.25, 0.3) is 0 Å². The lowest BCUT2D eigenvalue weighted by atomic mass is 9.81. The molecule has 0 bridgehead atoms. The fourth-order valence-electron chi connectivity index (χ4n) is 3.79. The van der Waals surface area contributed by atoms with Crippen LogP contribution in [0.4, 0.5) is 5.82 Å². The maximum absolute atomic E-state index is 5.80. The van der Waals surface area contributed by atoms with Crippen molar-refractivity contribution in [1.82, 2.24) is 14.9 Å². The van der Waals surface area contributed by atoms with E-state index in [2.05, 4.69) is 32.3 Å². The minimum atomic E-state index is 0.199. The lowest BCUT2D eigenvalue weighted by molar-refractivity contribution is 0.131. The Hall–Kier alpha value is -1.98. The molecule has 0 aromatic carbocycles. The Kier molecular flexibility index (Phi) is 3.97. The number of rotatable bonds is 5. The average molecular weight is 310 g/mol. The van der Waals surface area contributed by atoms with Crippen LogP contribution in [0.2, 0.25) is 0 Å². The van der Waals surface area contributed by atoms with Gasteiger partial charge >= 0.3 is 0 Å². The molecule has 0 radical (unpaired) electrons. The Labute approximate surface area is 136 Å². The maximum atomic E-state index is 5.80. The van der Waals surface area contributed by atoms with Gasteiger partial charge in [-0.1, -0.05) is 6.07 Å². The molecule has 2 aliphatic rings. The van der Waals surface area contributed by atoms with Crippen molar-refractivity contribution in [3.05, 3.63) is 54.5 Å². The Morgan fingerprint density at radius 1 is 1.22 bits per heavy atom. The zero-order valence-corrected chi connectivity index (χ0v) is 13.2. The fraction of sp³-hybridized carbons (Fsp3) is 0.444. The van der Waals surface area contributed by atoms with Crippen LogP contribution in [0.15, 0.2) is 48.9 Å². The second-order valence-electron chi connectivity index (χ2n) is 6.67. The minimum Gasteiger partial charge on any atom is -0.380 e. The number of aromatic nitrogens is 2. The number of hydrogen-bond donors (Lipinski definition) is 1. The minimum absolute atomic E-state index is 0.199. The number of hydrogen-bond acceptors (Lipinski definition) is 5. The first-order chi connectivity index (χ1) is 11.3. The van der Waals surface area contributed by atoms with Crippen molar-refractivity contribution in [2.45, 2.75) is 6.54 Å². The highest BCUT2D eigenvalue weighted by atomic mass is 16.5. The van der Waals surface area contributed by atoms with E-state index in [0.717, 1.165) is 45.2 Å². The Morgan fingerprint density at radius 2 is 2.13 bits per heavy atom. The van der Waals surface area contributed by atoms with E-state index in [1.807, 2.05) is 36.8 Å². The van der Waals surface area contributed by atoms with Gasteiger partial charge < -0.3 is 10.1 Å². The molecule has 0 aliphatic carbocycles. The predicted molar refractivity (Wildman–Crippen MR) is 89.0 cm³/mol. The van der Waals surface area contributed by atoms with E-state index in [9.17, 15) is 0 Å². The largest absolute Gasteiger partial charge is 0.380 e. The third kappa shape index (κ3) is 3.07. The van der Waals surface area contributed by atoms with Gasteiger partial charge in [-0.3, -0.25) is 9.88 Å². The molecule has 23 heavy (non-hydrogen) atoms. The van der Waals surface area contributed by atoms with Gasteiger partial charge in [-0.2, -0.15) is 0 Å². The summed E-state index contributed by atoms with van der Waals surface area (Å²) in [6.45, 7) is 5.79. The second-order valence-corrected chi connectivity index (χ2v) is 6.67. The van der Waals surface area contributed by atoms with Crippen LogP contribution in [0.5, 0.6) is 0 Å². The van der Waals surface area contributed by atoms with Gasteiger partial charge in [-0.25, -0.2) is 4.98 Å². The van der Waals surface area contributed by atoms with E-state index in [4.69, 9.17) is 4.74 Å². The summed E-state index contributed by atoms with van der Waals surface area (Å²) < 4.78 is 5.80. The first-order valence-electron chi connectivity index (χ1n) is 8.18. The van der Waals surface area contributed by atoms with Crippen molar-refractivity contribution >= 4 is 5.82 Å². The molecule has 2 aliphatic heterocycles. The molecule has 5 heteroatoms. The summed E-state index contributed by atoms with van der Waals surface area (Å²) in [5, 5.41) is 3.51. The van der Waals surface area contributed by atoms with Crippen LogP contribution >= 0.6 is 0 Å². The van der Waals surface area contributed by atoms with Crippen LogP contribution in [-0.4, -0.2) is 47.7 Å². The molecule has 0 spiro atoms. The van der Waals surface area contributed by atoms with E-state index < -0.39 is 0 Å². The lowest BCUT2D eigenvalue weighted by Gasteiger charge is -2.28. The molecule has 2 atom stereocenters. The number of fused-ring (bicyclic) bond motifs is 1. The van der Waals surface area contributed by atoms with Crippen LogP contribution in [-0.2, 0) is 11.3 Å². The van der Waals surface area contributed by atoms with E-state index in [1.165, 1.54) is 5.56 Å². The van der Waals surface area contributed by atoms with E-state index in [0.29, 0.717) is 5.92 Å². The molecule has 2 aromatic heterocycles. The molecule has 2 fully saturated rings. The van der Waals surface area contributed by atoms with Gasteiger partial charge in [0.15, 0.2) is 0 Å². The van der Waals surface area contributed by atoms with Crippen LogP contribution in [0.25, 0.3) is 0 Å². The first kappa shape index (κ1) is 14.6. The molecular weight excluding hydrogens is 288 g/mol. The topological polar surface area (TPSA) is 50.3 Å². The summed E-state index contributed by atoms with van der Waals surface area (Å²) in [5.41, 5.74) is 1.53. The van der Waals surface area contributed by atoms with Gasteiger partial charge in [0.2, 0.25) is 0 Å². The van der Waals surface area contributed by atoms with Crippen LogP contribution < -0.4 is 5.32 Å². The van der Waals surface area contributed by atoms with Crippen molar-refractivity contribution in [2.24, 2.45) is 11.3 Å². The normalized spacial score (nSPS) is 27.0. The highest BCUT2D eigenvalue weighted by Gasteiger charge is 2.50. The number of anilines is 1. The summed E-state index contributed by atoms with van der Waals surface area (Å²) >= 11 is 0. The molecule has 1 N–H and O–H groups in total. The van der Waals surface area contributed by atoms with Crippen molar-refractivity contribution in [1.29, 1.82) is 0 Å². The van der Waals surface area contributed by atoms with Crippen LogP contribution in [0.1, 0.15) is 5.56 Å². The molecule has 4 rings (SSSR count). The third-order valence-corrected chi connectivity index (χ3v) is 5.03. The molecule has 2 saturated heterocycles. The zero-order chi connectivity index (χ0) is 15.5. The standard InChI is InChI=1S/C18H22N4O/c1-2-6-20-17(3-1)21-12-18-13-22(10-16(18)11-23-14-18)9-15-4-7-19-8-5-15/h1-8,16H,9-14H2,(H,20,21)/t16-,18+/m1/s1. The van der Waals surface area contributed by atoms with Gasteiger partial charge in [0.05, 0.1) is 13.2 Å². The number of nitrogens with zero attached hydrogens (tertiary/aromatic N) is 3. The van der Waals surface area contributed by atoms with E-state index in [1.54, 1.807) is 0 Å². The quantitative estimate of drug-likeness (QED) is 0.916. The second kappa shape index (κ2) is 6.26. The highest BCUT2D eigenvalue weighted by Crippen LogP contribution is 2.41. The van der Waals surface area contributed by atoms with Crippen molar-refractivity contribution in [2.75, 3.05) is 38.2 Å². The Bertz CT molecular complexity index is 636. The van der Waals surface area contributed by atoms with Crippen LogP contribution in [0.3, 0.4) is 0 Å². The summed E-state index contributed by atoms with van der Waals surface area (Å²) in [7, 11) is 0. The zero-order valence-electron chi connectivity index (χ0n) is 13.2. The molecule has 0 saturated carbocycles. The van der Waals surface area contributed by atoms with Gasteiger partial charge in [-0.05, 0) is 29.8 Å². The van der Waals surface area contributed by atoms with Gasteiger partial charge in [-0.15, -0.1) is 0 Å². The SMILES string of the molecule is c1ccc(NC[C@]23COC[C@H]2CN(Cc2ccncc2)C3)nc1. The van der Waals surface area contributed by atoms with Gasteiger partial charge in [0.1, 0.15) is 5.82 Å². The first-order valence-corrected chi connectivity index (χ1v) is 8.18. The summed E-state index contributed by atoms with van der Waals surface area (Å²) in [6.07, 6.45) is 5.56. The van der Waals surface area contributed by atoms with Crippen molar-refractivity contribution in [3.63, 3.8) is 0 Å². The van der Waals surface area contributed by atoms with Crippen LogP contribution in [0, 0.1) is 11.3 Å². The Balaban J connectivity index is 1.42. The lowest BCUT2D eigenvalue weighted by Crippen LogP contribution is -2.37. The van der Waals surface area contributed by atoms with Crippen molar-refractivity contribution < 1.29 is 4.74 Å². The smallest absolute Gasteiger partial charge is 0.125 e. The van der Waals surface area contributed by atoms with Crippen molar-refractivity contribution in [3.8, 4) is 0 Å². The predicted octanol–water partition coefficient (Wildman–Crippen LogP) is 2.04. The molecule has 120 valence electrons. The Morgan fingerprint density at radius 3 is 2.96 bits per heavy atom. The molecule has 0 unspecified atom stereocenters. The summed E-state index contributed by atoms with van der Waals surface area (Å²) in [6, 6.07) is 10.2. The highest BCUT2D eigenvalue weighted by molar-refractivity contribution is 5.34. The molecule has 4 heterocycles. The molecule has 5 nitrogen and oxygen atoms in total. The third-order valence-electron chi connectivity index (χ3n) is 5.03. The summed E-state index contributed by atoms with van der Waals surface area (Å²) in [5.74, 6) is 1.54. The van der Waals surface area contributed by atoms with E-state index in [-0.39, 0.29) is 5.41 Å². The van der Waals surface area contributed by atoms with E-state index >= 15 is 0 Å². The summed E-state index contributed by atoms with van der Waals surface area (Å²) in [4.78, 5) is 11.0. The number of pyridine rings is 2. The fourth-order valence-corrected chi connectivity index (χ4v) is 3.79.